The summed E-state index contributed by atoms with van der Waals surface area (Å²) >= 11 is 16.1. The number of unbranched alkanes of at least 4 members (excludes halogenated alkanes) is 3. The van der Waals surface area contributed by atoms with Gasteiger partial charge in [0.15, 0.2) is 11.5 Å². The van der Waals surface area contributed by atoms with E-state index in [2.05, 4.69) is 34.2 Å². The molecule has 0 aliphatic rings. The van der Waals surface area contributed by atoms with Gasteiger partial charge in [0, 0.05) is 22.2 Å². The molecule has 0 bridgehead atoms. The molecule has 0 saturated carbocycles. The highest BCUT2D eigenvalue weighted by molar-refractivity contribution is 9.10. The Kier molecular flexibility index (Phi) is 10.5. The fourth-order valence-corrected chi connectivity index (χ4v) is 3.96. The second-order valence-corrected chi connectivity index (χ2v) is 8.23. The van der Waals surface area contributed by atoms with Crippen LogP contribution in [0, 0.1) is 0 Å². The van der Waals surface area contributed by atoms with Gasteiger partial charge < -0.3 is 14.8 Å². The van der Waals surface area contributed by atoms with E-state index in [1.165, 1.54) is 25.7 Å². The summed E-state index contributed by atoms with van der Waals surface area (Å²) < 4.78 is 12.7. The van der Waals surface area contributed by atoms with E-state index in [1.807, 2.05) is 19.1 Å². The highest BCUT2D eigenvalue weighted by Crippen LogP contribution is 2.38. The minimum Gasteiger partial charge on any atom is -0.490 e. The van der Waals surface area contributed by atoms with Gasteiger partial charge in [0.25, 0.3) is 0 Å². The maximum absolute atomic E-state index is 6.25. The van der Waals surface area contributed by atoms with Crippen molar-refractivity contribution >= 4 is 39.1 Å². The molecule has 28 heavy (non-hydrogen) atoms. The van der Waals surface area contributed by atoms with Crippen molar-refractivity contribution in [2.24, 2.45) is 0 Å². The first kappa shape index (κ1) is 23.3. The molecule has 0 fully saturated rings. The predicted molar refractivity (Wildman–Crippen MR) is 122 cm³/mol. The van der Waals surface area contributed by atoms with E-state index in [4.69, 9.17) is 32.7 Å². The summed E-state index contributed by atoms with van der Waals surface area (Å²) in [4.78, 5) is 0. The Balaban J connectivity index is 2.05. The van der Waals surface area contributed by atoms with Crippen molar-refractivity contribution in [2.75, 3.05) is 13.2 Å². The second-order valence-electron chi connectivity index (χ2n) is 6.56. The van der Waals surface area contributed by atoms with Gasteiger partial charge in [-0.05, 0) is 65.6 Å². The average molecular weight is 489 g/mol. The van der Waals surface area contributed by atoms with Gasteiger partial charge >= 0.3 is 0 Å². The van der Waals surface area contributed by atoms with E-state index < -0.39 is 0 Å². The van der Waals surface area contributed by atoms with Crippen LogP contribution in [0.4, 0.5) is 0 Å². The van der Waals surface area contributed by atoms with Crippen LogP contribution in [0.1, 0.15) is 50.7 Å². The molecule has 0 heterocycles. The lowest BCUT2D eigenvalue weighted by Gasteiger charge is -2.17. The lowest BCUT2D eigenvalue weighted by Crippen LogP contribution is -2.15. The highest BCUT2D eigenvalue weighted by atomic mass is 79.9. The molecule has 6 heteroatoms. The quantitative estimate of drug-likeness (QED) is 0.315. The van der Waals surface area contributed by atoms with Gasteiger partial charge in [0.2, 0.25) is 0 Å². The molecule has 0 atom stereocenters. The lowest BCUT2D eigenvalue weighted by atomic mass is 10.1. The maximum atomic E-state index is 6.25. The topological polar surface area (TPSA) is 30.5 Å². The van der Waals surface area contributed by atoms with Gasteiger partial charge in [-0.3, -0.25) is 0 Å². The summed E-state index contributed by atoms with van der Waals surface area (Å²) in [7, 11) is 0. The van der Waals surface area contributed by atoms with E-state index in [-0.39, 0.29) is 6.61 Å². The molecular weight excluding hydrogens is 461 g/mol. The van der Waals surface area contributed by atoms with Crippen molar-refractivity contribution in [1.82, 2.24) is 5.32 Å². The van der Waals surface area contributed by atoms with E-state index >= 15 is 0 Å². The largest absolute Gasteiger partial charge is 0.490 e. The molecule has 3 nitrogen and oxygen atoms in total. The Labute approximate surface area is 186 Å². The highest BCUT2D eigenvalue weighted by Gasteiger charge is 2.14. The van der Waals surface area contributed by atoms with Gasteiger partial charge in [-0.15, -0.1) is 0 Å². The molecule has 0 aliphatic carbocycles. The monoisotopic (exact) mass is 487 g/mol. The number of benzene rings is 2. The second kappa shape index (κ2) is 12.6. The molecule has 154 valence electrons. The van der Waals surface area contributed by atoms with Crippen LogP contribution in [-0.4, -0.2) is 13.2 Å². The van der Waals surface area contributed by atoms with Gasteiger partial charge in [-0.25, -0.2) is 0 Å². The minimum atomic E-state index is 0.270. The Morgan fingerprint density at radius 1 is 1.00 bits per heavy atom. The molecule has 2 aromatic rings. The Morgan fingerprint density at radius 3 is 2.43 bits per heavy atom. The van der Waals surface area contributed by atoms with Crippen molar-refractivity contribution < 1.29 is 9.47 Å². The number of hydrogen-bond acceptors (Lipinski definition) is 3. The number of nitrogens with one attached hydrogen (secondary N) is 1. The zero-order valence-electron chi connectivity index (χ0n) is 16.5. The van der Waals surface area contributed by atoms with Crippen LogP contribution < -0.4 is 14.8 Å². The Hall–Kier alpha value is -0.940. The van der Waals surface area contributed by atoms with Crippen molar-refractivity contribution in [3.05, 3.63) is 56.0 Å². The third-order valence-corrected chi connectivity index (χ3v) is 5.63. The van der Waals surface area contributed by atoms with Crippen molar-refractivity contribution in [1.29, 1.82) is 0 Å². The van der Waals surface area contributed by atoms with Crippen molar-refractivity contribution in [3.63, 3.8) is 0 Å². The van der Waals surface area contributed by atoms with Crippen LogP contribution in [0.5, 0.6) is 11.5 Å². The number of hydrogen-bond donors (Lipinski definition) is 1. The number of rotatable bonds is 12. The Bertz CT molecular complexity index is 735. The summed E-state index contributed by atoms with van der Waals surface area (Å²) in [5.74, 6) is 1.37. The first-order valence-electron chi connectivity index (χ1n) is 9.78. The molecule has 0 aromatic heterocycles. The van der Waals surface area contributed by atoms with Crippen LogP contribution in [0.2, 0.25) is 10.0 Å². The third-order valence-electron chi connectivity index (χ3n) is 4.33. The molecule has 2 aromatic carbocycles. The summed E-state index contributed by atoms with van der Waals surface area (Å²) in [5, 5.41) is 4.67. The maximum Gasteiger partial charge on any atom is 0.175 e. The van der Waals surface area contributed by atoms with Crippen molar-refractivity contribution in [3.8, 4) is 11.5 Å². The molecular formula is C22H28BrCl2NO2. The number of halogens is 3. The standard InChI is InChI=1S/C22H28BrCl2NO2/c1-3-5-6-7-11-26-14-16-12-18(23)22(21(13-16)27-4-2)28-15-17-19(24)9-8-10-20(17)25/h8-10,12-13,26H,3-7,11,14-15H2,1-2H3. The molecule has 0 unspecified atom stereocenters. The summed E-state index contributed by atoms with van der Waals surface area (Å²) in [6, 6.07) is 9.52. The summed E-state index contributed by atoms with van der Waals surface area (Å²) in [6.45, 7) is 6.83. The van der Waals surface area contributed by atoms with Gasteiger partial charge in [0.1, 0.15) is 6.61 Å². The summed E-state index contributed by atoms with van der Waals surface area (Å²) in [5.41, 5.74) is 1.91. The smallest absolute Gasteiger partial charge is 0.175 e. The van der Waals surface area contributed by atoms with Crippen LogP contribution in [0.15, 0.2) is 34.8 Å². The molecule has 2 rings (SSSR count). The predicted octanol–water partition coefficient (Wildman–Crippen LogP) is 7.40. The molecule has 0 saturated heterocycles. The van der Waals surface area contributed by atoms with Crippen LogP contribution >= 0.6 is 39.1 Å². The van der Waals surface area contributed by atoms with Crippen LogP contribution in [0.25, 0.3) is 0 Å². The summed E-state index contributed by atoms with van der Waals surface area (Å²) in [6.07, 6.45) is 5.02. The van der Waals surface area contributed by atoms with Crippen molar-refractivity contribution in [2.45, 2.75) is 52.7 Å². The zero-order chi connectivity index (χ0) is 20.4. The molecule has 0 amide bonds. The molecule has 0 radical (unpaired) electrons. The van der Waals surface area contributed by atoms with E-state index in [1.54, 1.807) is 12.1 Å². The first-order valence-corrected chi connectivity index (χ1v) is 11.3. The third kappa shape index (κ3) is 7.14. The first-order chi connectivity index (χ1) is 13.6. The van der Waals surface area contributed by atoms with Gasteiger partial charge in [0.05, 0.1) is 11.1 Å². The normalized spacial score (nSPS) is 10.9. The van der Waals surface area contributed by atoms with E-state index in [9.17, 15) is 0 Å². The zero-order valence-corrected chi connectivity index (χ0v) is 19.6. The average Bonchev–Trinajstić information content (AvgIpc) is 2.66. The molecule has 1 N–H and O–H groups in total. The van der Waals surface area contributed by atoms with Crippen LogP contribution in [0.3, 0.4) is 0 Å². The fourth-order valence-electron chi connectivity index (χ4n) is 2.85. The molecule has 0 spiro atoms. The fraction of sp³-hybridized carbons (Fsp3) is 0.455. The van der Waals surface area contributed by atoms with Gasteiger partial charge in [-0.1, -0.05) is 55.5 Å². The van der Waals surface area contributed by atoms with E-state index in [0.717, 1.165) is 28.7 Å². The SMILES string of the molecule is CCCCCCNCc1cc(Br)c(OCc2c(Cl)cccc2Cl)c(OCC)c1. The lowest BCUT2D eigenvalue weighted by molar-refractivity contribution is 0.267. The van der Waals surface area contributed by atoms with Crippen LogP contribution in [-0.2, 0) is 13.2 Å². The Morgan fingerprint density at radius 2 is 1.75 bits per heavy atom. The van der Waals surface area contributed by atoms with E-state index in [0.29, 0.717) is 28.2 Å². The van der Waals surface area contributed by atoms with Gasteiger partial charge in [-0.2, -0.15) is 0 Å². The minimum absolute atomic E-state index is 0.270. The molecule has 0 aliphatic heterocycles. The number of ether oxygens (including phenoxy) is 2.